The molecule has 1 aliphatic heterocycles. The van der Waals surface area contributed by atoms with E-state index in [0.717, 1.165) is 29.4 Å². The van der Waals surface area contributed by atoms with Gasteiger partial charge >= 0.3 is 0 Å². The maximum atomic E-state index is 12.5. The van der Waals surface area contributed by atoms with Gasteiger partial charge in [0.15, 0.2) is 0 Å². The van der Waals surface area contributed by atoms with Crippen LogP contribution in [0.3, 0.4) is 0 Å². The molecule has 2 unspecified atom stereocenters. The molecular formula is C15H20BrClN2O2. The highest BCUT2D eigenvalue weighted by atomic mass is 79.9. The van der Waals surface area contributed by atoms with Crippen LogP contribution in [-0.4, -0.2) is 36.8 Å². The minimum Gasteiger partial charge on any atom is -0.391 e. The van der Waals surface area contributed by atoms with Crippen molar-refractivity contribution in [3.63, 3.8) is 0 Å². The predicted octanol–water partition coefficient (Wildman–Crippen LogP) is 1.60. The van der Waals surface area contributed by atoms with E-state index in [1.54, 1.807) is 0 Å². The predicted molar refractivity (Wildman–Crippen MR) is 87.7 cm³/mol. The third kappa shape index (κ3) is 3.42. The third-order valence-corrected chi connectivity index (χ3v) is 4.88. The first kappa shape index (κ1) is 16.7. The first-order valence-corrected chi connectivity index (χ1v) is 7.84. The van der Waals surface area contributed by atoms with Crippen molar-refractivity contribution in [2.75, 3.05) is 19.6 Å². The number of carbonyl (C=O) groups is 1. The van der Waals surface area contributed by atoms with Crippen LogP contribution in [0.1, 0.15) is 18.4 Å². The second-order valence-corrected chi connectivity index (χ2v) is 6.70. The molecule has 1 amide bonds. The van der Waals surface area contributed by atoms with E-state index in [4.69, 9.17) is 0 Å². The van der Waals surface area contributed by atoms with Crippen LogP contribution in [0.5, 0.6) is 0 Å². The van der Waals surface area contributed by atoms with E-state index >= 15 is 0 Å². The summed E-state index contributed by atoms with van der Waals surface area (Å²) in [6.45, 7) is 1.94. The van der Waals surface area contributed by atoms with Crippen LogP contribution in [0.4, 0.5) is 0 Å². The van der Waals surface area contributed by atoms with E-state index in [9.17, 15) is 9.90 Å². The summed E-state index contributed by atoms with van der Waals surface area (Å²) in [4.78, 5) is 12.5. The molecule has 0 aromatic heterocycles. The molecule has 3 rings (SSSR count). The highest BCUT2D eigenvalue weighted by Gasteiger charge is 2.51. The lowest BCUT2D eigenvalue weighted by molar-refractivity contribution is -0.123. The minimum absolute atomic E-state index is 0. The van der Waals surface area contributed by atoms with Gasteiger partial charge in [0.1, 0.15) is 0 Å². The lowest BCUT2D eigenvalue weighted by Crippen LogP contribution is -2.40. The zero-order valence-electron chi connectivity index (χ0n) is 11.6. The quantitative estimate of drug-likeness (QED) is 0.749. The van der Waals surface area contributed by atoms with Crippen LogP contribution in [0.15, 0.2) is 28.7 Å². The molecule has 0 radical (unpaired) electrons. The van der Waals surface area contributed by atoms with Gasteiger partial charge in [0.25, 0.3) is 0 Å². The minimum atomic E-state index is -0.351. The van der Waals surface area contributed by atoms with Gasteiger partial charge in [0, 0.05) is 30.0 Å². The van der Waals surface area contributed by atoms with E-state index in [0.29, 0.717) is 13.1 Å². The Hall–Kier alpha value is -0.620. The van der Waals surface area contributed by atoms with Crippen LogP contribution in [-0.2, 0) is 10.2 Å². The summed E-state index contributed by atoms with van der Waals surface area (Å²) < 4.78 is 1.00. The topological polar surface area (TPSA) is 61.4 Å². The molecule has 1 saturated heterocycles. The number of β-amino-alcohol motifs (C(OH)–C–C–N with tert-alkyl or cyclic N) is 1. The van der Waals surface area contributed by atoms with Gasteiger partial charge in [-0.2, -0.15) is 0 Å². The number of rotatable bonds is 4. The molecule has 0 spiro atoms. The molecule has 1 aliphatic carbocycles. The number of carbonyl (C=O) groups excluding carboxylic acids is 1. The Balaban J connectivity index is 0.00000161. The summed E-state index contributed by atoms with van der Waals surface area (Å²) in [6, 6.07) is 7.98. The van der Waals surface area contributed by atoms with Crippen molar-refractivity contribution in [2.24, 2.45) is 5.92 Å². The summed E-state index contributed by atoms with van der Waals surface area (Å²) in [5.74, 6) is 0.215. The number of benzene rings is 1. The average molecular weight is 376 g/mol. The van der Waals surface area contributed by atoms with Gasteiger partial charge in [-0.1, -0.05) is 28.1 Å². The van der Waals surface area contributed by atoms with Crippen molar-refractivity contribution in [3.8, 4) is 0 Å². The Kier molecular flexibility index (Phi) is 5.30. The van der Waals surface area contributed by atoms with Gasteiger partial charge in [-0.15, -0.1) is 12.4 Å². The van der Waals surface area contributed by atoms with Crippen LogP contribution in [0.2, 0.25) is 0 Å². The Labute approximate surface area is 139 Å². The maximum absolute atomic E-state index is 12.5. The number of nitrogens with one attached hydrogen (secondary N) is 2. The molecule has 2 atom stereocenters. The van der Waals surface area contributed by atoms with Gasteiger partial charge < -0.3 is 15.7 Å². The number of aliphatic hydroxyl groups excluding tert-OH is 1. The first-order chi connectivity index (χ1) is 9.62. The molecule has 2 aliphatic rings. The highest BCUT2D eigenvalue weighted by molar-refractivity contribution is 9.10. The van der Waals surface area contributed by atoms with Gasteiger partial charge in [-0.05, 0) is 30.5 Å². The number of aliphatic hydroxyl groups is 1. The smallest absolute Gasteiger partial charge is 0.230 e. The first-order valence-electron chi connectivity index (χ1n) is 7.05. The van der Waals surface area contributed by atoms with Crippen molar-refractivity contribution in [1.29, 1.82) is 0 Å². The van der Waals surface area contributed by atoms with Crippen molar-refractivity contribution < 1.29 is 9.90 Å². The van der Waals surface area contributed by atoms with Crippen LogP contribution in [0.25, 0.3) is 0 Å². The van der Waals surface area contributed by atoms with E-state index < -0.39 is 0 Å². The van der Waals surface area contributed by atoms with Gasteiger partial charge in [-0.25, -0.2) is 0 Å². The van der Waals surface area contributed by atoms with Crippen molar-refractivity contribution in [1.82, 2.24) is 10.6 Å². The molecule has 1 heterocycles. The van der Waals surface area contributed by atoms with Crippen molar-refractivity contribution >= 4 is 34.2 Å². The molecular weight excluding hydrogens is 356 g/mol. The molecule has 0 bridgehead atoms. The molecule has 1 aromatic rings. The fourth-order valence-electron chi connectivity index (χ4n) is 2.88. The van der Waals surface area contributed by atoms with Crippen molar-refractivity contribution in [2.45, 2.75) is 24.4 Å². The van der Waals surface area contributed by atoms with Crippen LogP contribution < -0.4 is 10.6 Å². The molecule has 21 heavy (non-hydrogen) atoms. The van der Waals surface area contributed by atoms with E-state index in [1.807, 2.05) is 24.3 Å². The Morgan fingerprint density at radius 1 is 1.43 bits per heavy atom. The molecule has 1 saturated carbocycles. The SMILES string of the molecule is Cl.O=C(NCC1CNCC1O)C1(c2cccc(Br)c2)CC1. The Morgan fingerprint density at radius 3 is 2.76 bits per heavy atom. The summed E-state index contributed by atoms with van der Waals surface area (Å²) >= 11 is 3.46. The Bertz CT molecular complexity index is 522. The van der Waals surface area contributed by atoms with Gasteiger partial charge in [-0.3, -0.25) is 4.79 Å². The Morgan fingerprint density at radius 2 is 2.19 bits per heavy atom. The van der Waals surface area contributed by atoms with Gasteiger partial charge in [0.2, 0.25) is 5.91 Å². The fourth-order valence-corrected chi connectivity index (χ4v) is 3.28. The fraction of sp³-hybridized carbons (Fsp3) is 0.533. The van der Waals surface area contributed by atoms with E-state index in [1.165, 1.54) is 0 Å². The third-order valence-electron chi connectivity index (χ3n) is 4.39. The number of amides is 1. The molecule has 1 aromatic carbocycles. The summed E-state index contributed by atoms with van der Waals surface area (Å²) in [5, 5.41) is 15.9. The largest absolute Gasteiger partial charge is 0.391 e. The number of halogens is 2. The summed E-state index contributed by atoms with van der Waals surface area (Å²) in [5.41, 5.74) is 0.732. The zero-order chi connectivity index (χ0) is 14.2. The zero-order valence-corrected chi connectivity index (χ0v) is 14.0. The maximum Gasteiger partial charge on any atom is 0.230 e. The monoisotopic (exact) mass is 374 g/mol. The molecule has 6 heteroatoms. The highest BCUT2D eigenvalue weighted by Crippen LogP contribution is 2.48. The van der Waals surface area contributed by atoms with E-state index in [-0.39, 0.29) is 35.8 Å². The average Bonchev–Trinajstić information content (AvgIpc) is 3.15. The normalized spacial score (nSPS) is 26.0. The van der Waals surface area contributed by atoms with Gasteiger partial charge in [0.05, 0.1) is 11.5 Å². The standard InChI is InChI=1S/C15H19BrN2O2.ClH/c16-12-3-1-2-11(6-12)15(4-5-15)14(20)18-8-10-7-17-9-13(10)19;/h1-3,6,10,13,17,19H,4-5,7-9H2,(H,18,20);1H. The molecule has 2 fully saturated rings. The van der Waals surface area contributed by atoms with E-state index in [2.05, 4.69) is 26.6 Å². The molecule has 4 nitrogen and oxygen atoms in total. The summed E-state index contributed by atoms with van der Waals surface area (Å²) in [6.07, 6.45) is 1.46. The number of hydrogen-bond donors (Lipinski definition) is 3. The second-order valence-electron chi connectivity index (χ2n) is 5.79. The second kappa shape index (κ2) is 6.65. The van der Waals surface area contributed by atoms with Crippen LogP contribution >= 0.6 is 28.3 Å². The molecule has 116 valence electrons. The summed E-state index contributed by atoms with van der Waals surface area (Å²) in [7, 11) is 0. The molecule has 3 N–H and O–H groups in total. The lowest BCUT2D eigenvalue weighted by Gasteiger charge is -2.19. The van der Waals surface area contributed by atoms with Crippen molar-refractivity contribution in [3.05, 3.63) is 34.3 Å². The number of hydrogen-bond acceptors (Lipinski definition) is 3. The van der Waals surface area contributed by atoms with Crippen LogP contribution in [0, 0.1) is 5.92 Å². The lowest BCUT2D eigenvalue weighted by atomic mass is 9.94.